The van der Waals surface area contributed by atoms with Crippen molar-refractivity contribution < 1.29 is 73.8 Å². The van der Waals surface area contributed by atoms with Crippen LogP contribution in [0.1, 0.15) is 129 Å². The van der Waals surface area contributed by atoms with E-state index in [1.807, 2.05) is 12.2 Å². The van der Waals surface area contributed by atoms with E-state index < -0.39 is 99.3 Å². The van der Waals surface area contributed by atoms with Gasteiger partial charge in [-0.2, -0.15) is 0 Å². The van der Waals surface area contributed by atoms with Crippen molar-refractivity contribution in [2.75, 3.05) is 26.4 Å². The molecule has 0 saturated carbocycles. The number of ether oxygens (including phenoxy) is 6. The molecule has 0 bridgehead atoms. The normalized spacial score (nSPS) is 26.6. The predicted octanol–water partition coefficient (Wildman–Crippen LogP) is 6.59. The van der Waals surface area contributed by atoms with E-state index in [-0.39, 0.29) is 19.4 Å². The number of unbranched alkanes of at least 4 members (excludes halogenated alkanes) is 6. The largest absolute Gasteiger partial charge is 0.462 e. The molecule has 2 heterocycles. The van der Waals surface area contributed by atoms with Crippen LogP contribution in [-0.2, 0) is 38.0 Å². The first-order valence-electron chi connectivity index (χ1n) is 24.8. The number of hydrogen-bond acceptors (Lipinski definition) is 15. The lowest BCUT2D eigenvalue weighted by Crippen LogP contribution is -2.61. The Bertz CT molecular complexity index is 1550. The van der Waals surface area contributed by atoms with Gasteiger partial charge in [-0.1, -0.05) is 137 Å². The second kappa shape index (κ2) is 39.2. The summed E-state index contributed by atoms with van der Waals surface area (Å²) in [5.74, 6) is -1.05. The van der Waals surface area contributed by atoms with E-state index in [9.17, 15) is 45.3 Å². The first-order valence-corrected chi connectivity index (χ1v) is 24.8. The number of esters is 2. The van der Waals surface area contributed by atoms with Gasteiger partial charge < -0.3 is 64.2 Å². The Labute approximate surface area is 405 Å². The lowest BCUT2D eigenvalue weighted by molar-refractivity contribution is -0.332. The van der Waals surface area contributed by atoms with E-state index in [0.717, 1.165) is 89.9 Å². The van der Waals surface area contributed by atoms with Gasteiger partial charge in [0.25, 0.3) is 0 Å². The summed E-state index contributed by atoms with van der Waals surface area (Å²) in [5, 5.41) is 72.0. The van der Waals surface area contributed by atoms with Crippen molar-refractivity contribution >= 4 is 11.9 Å². The van der Waals surface area contributed by atoms with Crippen LogP contribution in [0.5, 0.6) is 0 Å². The quantitative estimate of drug-likeness (QED) is 0.0200. The van der Waals surface area contributed by atoms with Crippen molar-refractivity contribution in [3.8, 4) is 0 Å². The molecule has 0 spiro atoms. The molecule has 0 radical (unpaired) electrons. The summed E-state index contributed by atoms with van der Waals surface area (Å²) >= 11 is 0. The SMILES string of the molecule is CC/C=C\C/C=C\C/C=C\C/C=C\CCCCCCCCC(=O)OC(COC(=O)CC/C=C\C/C=C\C/C=C\C/C=C\CC)COC1OC(COC2OC(CO)C(O)C(O)C2O)C(O)C(O)C1O. The molecule has 11 atom stereocenters. The Morgan fingerprint density at radius 2 is 0.912 bits per heavy atom. The molecule has 2 aliphatic heterocycles. The summed E-state index contributed by atoms with van der Waals surface area (Å²) in [6.45, 7) is 2.23. The van der Waals surface area contributed by atoms with Gasteiger partial charge in [0, 0.05) is 12.8 Å². The maximum Gasteiger partial charge on any atom is 0.306 e. The van der Waals surface area contributed by atoms with Gasteiger partial charge in [0.15, 0.2) is 18.7 Å². The van der Waals surface area contributed by atoms with Crippen LogP contribution in [-0.4, -0.2) is 142 Å². The fourth-order valence-electron chi connectivity index (χ4n) is 7.04. The highest BCUT2D eigenvalue weighted by Gasteiger charge is 2.47. The van der Waals surface area contributed by atoms with Crippen LogP contribution in [0.3, 0.4) is 0 Å². The molecule has 386 valence electrons. The van der Waals surface area contributed by atoms with Crippen LogP contribution in [0, 0.1) is 0 Å². The number of carbonyl (C=O) groups is 2. The average Bonchev–Trinajstić information content (AvgIpc) is 3.33. The van der Waals surface area contributed by atoms with Crippen molar-refractivity contribution in [1.29, 1.82) is 0 Å². The predicted molar refractivity (Wildman–Crippen MR) is 261 cm³/mol. The third-order valence-electron chi connectivity index (χ3n) is 11.1. The molecule has 0 aromatic rings. The van der Waals surface area contributed by atoms with Gasteiger partial charge in [-0.15, -0.1) is 0 Å². The van der Waals surface area contributed by atoms with Crippen molar-refractivity contribution in [3.63, 3.8) is 0 Å². The van der Waals surface area contributed by atoms with Gasteiger partial charge in [-0.05, 0) is 77.0 Å². The minimum absolute atomic E-state index is 0.0872. The molecule has 0 aromatic carbocycles. The highest BCUT2D eigenvalue weighted by atomic mass is 16.7. The molecule has 2 aliphatic rings. The van der Waals surface area contributed by atoms with Crippen LogP contribution in [0.2, 0.25) is 0 Å². The minimum atomic E-state index is -1.78. The second-order valence-electron chi connectivity index (χ2n) is 16.9. The Hall–Kier alpha value is -3.58. The number of allylic oxidation sites excluding steroid dienone is 16. The lowest BCUT2D eigenvalue weighted by atomic mass is 9.98. The molecule has 68 heavy (non-hydrogen) atoms. The van der Waals surface area contributed by atoms with Crippen molar-refractivity contribution in [2.45, 2.75) is 197 Å². The monoisotopic (exact) mass is 961 g/mol. The Balaban J connectivity index is 1.85. The number of carbonyl (C=O) groups excluding carboxylic acids is 2. The Morgan fingerprint density at radius 1 is 0.471 bits per heavy atom. The number of aliphatic hydroxyl groups is 7. The third kappa shape index (κ3) is 27.0. The topological polar surface area (TPSA) is 231 Å². The van der Waals surface area contributed by atoms with Gasteiger partial charge in [0.2, 0.25) is 0 Å². The van der Waals surface area contributed by atoms with Crippen LogP contribution in [0.15, 0.2) is 97.2 Å². The second-order valence-corrected chi connectivity index (χ2v) is 16.9. The van der Waals surface area contributed by atoms with E-state index in [1.54, 1.807) is 0 Å². The maximum absolute atomic E-state index is 13.0. The highest BCUT2D eigenvalue weighted by molar-refractivity contribution is 5.70. The van der Waals surface area contributed by atoms with Crippen LogP contribution in [0.25, 0.3) is 0 Å². The molecule has 15 nitrogen and oxygen atoms in total. The zero-order chi connectivity index (χ0) is 49.6. The summed E-state index contributed by atoms with van der Waals surface area (Å²) in [6.07, 6.45) is 31.7. The molecular formula is C53H84O15. The third-order valence-corrected chi connectivity index (χ3v) is 11.1. The van der Waals surface area contributed by atoms with Crippen molar-refractivity contribution in [1.82, 2.24) is 0 Å². The summed E-state index contributed by atoms with van der Waals surface area (Å²) in [5.41, 5.74) is 0. The van der Waals surface area contributed by atoms with Crippen LogP contribution >= 0.6 is 0 Å². The molecule has 2 fully saturated rings. The van der Waals surface area contributed by atoms with Crippen LogP contribution < -0.4 is 0 Å². The highest BCUT2D eigenvalue weighted by Crippen LogP contribution is 2.26. The van der Waals surface area contributed by atoms with E-state index >= 15 is 0 Å². The number of hydrogen-bond donors (Lipinski definition) is 7. The van der Waals surface area contributed by atoms with E-state index in [0.29, 0.717) is 12.8 Å². The molecule has 2 saturated heterocycles. The van der Waals surface area contributed by atoms with Gasteiger partial charge in [-0.3, -0.25) is 9.59 Å². The molecule has 2 rings (SSSR count). The van der Waals surface area contributed by atoms with Crippen molar-refractivity contribution in [3.05, 3.63) is 97.2 Å². The average molecular weight is 961 g/mol. The molecule has 0 amide bonds. The van der Waals surface area contributed by atoms with Crippen LogP contribution in [0.4, 0.5) is 0 Å². The summed E-state index contributed by atoms with van der Waals surface area (Å²) in [4.78, 5) is 25.7. The molecule has 7 N–H and O–H groups in total. The van der Waals surface area contributed by atoms with Gasteiger partial charge in [-0.25, -0.2) is 0 Å². The Morgan fingerprint density at radius 3 is 1.44 bits per heavy atom. The van der Waals surface area contributed by atoms with E-state index in [1.165, 1.54) is 0 Å². The first-order chi connectivity index (χ1) is 33.0. The van der Waals surface area contributed by atoms with Gasteiger partial charge >= 0.3 is 11.9 Å². The number of aliphatic hydroxyl groups excluding tert-OH is 7. The van der Waals surface area contributed by atoms with Gasteiger partial charge in [0.1, 0.15) is 55.4 Å². The standard InChI is InChI=1S/C53H84O15/c1-3-5-7-9-11-13-15-17-18-19-20-21-22-24-26-28-30-32-34-36-45(56)66-41(38-63-44(55)35-33-31-29-27-25-23-16-14-12-10-8-6-4-2)39-64-52-51(62)49(60)47(58)43(68-52)40-65-53-50(61)48(59)46(57)42(37-54)67-53/h5-8,11-14,17-18,20-21,23,25,29,31,41-43,46-54,57-62H,3-4,9-10,15-16,19,22,24,26-28,30,32-40H2,1-2H3/b7-5-,8-6-,13-11-,14-12-,18-17-,21-20-,25-23-,31-29-. The lowest BCUT2D eigenvalue weighted by Gasteiger charge is -2.42. The zero-order valence-electron chi connectivity index (χ0n) is 40.5. The number of rotatable bonds is 36. The molecular weight excluding hydrogens is 877 g/mol. The molecule has 11 unspecified atom stereocenters. The van der Waals surface area contributed by atoms with E-state index in [2.05, 4.69) is 98.9 Å². The van der Waals surface area contributed by atoms with Crippen molar-refractivity contribution in [2.24, 2.45) is 0 Å². The summed E-state index contributed by atoms with van der Waals surface area (Å²) in [7, 11) is 0. The molecule has 15 heteroatoms. The molecule has 0 aliphatic carbocycles. The summed E-state index contributed by atoms with van der Waals surface area (Å²) < 4.78 is 33.4. The Kier molecular flexibility index (Phi) is 34.9. The fourth-order valence-corrected chi connectivity index (χ4v) is 7.04. The smallest absolute Gasteiger partial charge is 0.306 e. The minimum Gasteiger partial charge on any atom is -0.462 e. The first kappa shape index (κ1) is 60.5. The van der Waals surface area contributed by atoms with E-state index in [4.69, 9.17) is 28.4 Å². The molecule has 0 aromatic heterocycles. The van der Waals surface area contributed by atoms with Gasteiger partial charge in [0.05, 0.1) is 19.8 Å². The summed E-state index contributed by atoms with van der Waals surface area (Å²) in [6, 6.07) is 0. The zero-order valence-corrected chi connectivity index (χ0v) is 40.5. The fraction of sp³-hybridized carbons (Fsp3) is 0.660. The maximum atomic E-state index is 13.0.